The van der Waals surface area contributed by atoms with Gasteiger partial charge in [-0.1, -0.05) is 19.1 Å². The van der Waals surface area contributed by atoms with Crippen molar-refractivity contribution in [2.24, 2.45) is 5.73 Å². The standard InChI is InChI=1S/C4H9B2N/c1-3(7)4(2,5)6/h3H,7H2,1-2H3. The van der Waals surface area contributed by atoms with Gasteiger partial charge in [0.2, 0.25) is 0 Å². The summed E-state index contributed by atoms with van der Waals surface area (Å²) in [6.45, 7) is 3.47. The fraction of sp³-hybridized carbons (Fsp3) is 1.00. The molecule has 0 amide bonds. The molecule has 4 radical (unpaired) electrons. The van der Waals surface area contributed by atoms with E-state index in [4.69, 9.17) is 21.4 Å². The highest BCUT2D eigenvalue weighted by Gasteiger charge is 2.13. The molecule has 1 nitrogen and oxygen atoms in total. The van der Waals surface area contributed by atoms with E-state index in [0.717, 1.165) is 0 Å². The van der Waals surface area contributed by atoms with Crippen molar-refractivity contribution in [2.75, 3.05) is 0 Å². The van der Waals surface area contributed by atoms with Crippen LogP contribution in [0.15, 0.2) is 0 Å². The molecule has 0 rings (SSSR count). The van der Waals surface area contributed by atoms with Crippen molar-refractivity contribution < 1.29 is 0 Å². The van der Waals surface area contributed by atoms with Crippen molar-refractivity contribution >= 4 is 15.7 Å². The molecule has 0 aliphatic heterocycles. The lowest BCUT2D eigenvalue weighted by Gasteiger charge is -2.23. The minimum absolute atomic E-state index is 0.146. The van der Waals surface area contributed by atoms with Crippen molar-refractivity contribution in [1.82, 2.24) is 0 Å². The van der Waals surface area contributed by atoms with E-state index < -0.39 is 5.21 Å². The highest BCUT2D eigenvalue weighted by Crippen LogP contribution is 2.15. The first-order valence-corrected chi connectivity index (χ1v) is 2.28. The van der Waals surface area contributed by atoms with Gasteiger partial charge in [-0.25, -0.2) is 0 Å². The molecule has 0 saturated heterocycles. The second kappa shape index (κ2) is 1.91. The van der Waals surface area contributed by atoms with Gasteiger partial charge < -0.3 is 5.73 Å². The summed E-state index contributed by atoms with van der Waals surface area (Å²) in [5.74, 6) is 0. The van der Waals surface area contributed by atoms with Crippen LogP contribution in [0.1, 0.15) is 13.8 Å². The molecule has 0 aliphatic rings. The monoisotopic (exact) mass is 93.1 g/mol. The molecule has 1 atom stereocenters. The summed E-state index contributed by atoms with van der Waals surface area (Å²) >= 11 is 0. The quantitative estimate of drug-likeness (QED) is 0.446. The largest absolute Gasteiger partial charge is 0.329 e. The van der Waals surface area contributed by atoms with Gasteiger partial charge in [-0.3, -0.25) is 0 Å². The molecule has 1 unspecified atom stereocenters. The Morgan fingerprint density at radius 3 is 1.71 bits per heavy atom. The van der Waals surface area contributed by atoms with Crippen molar-refractivity contribution in [1.29, 1.82) is 0 Å². The minimum atomic E-state index is -0.722. The lowest BCUT2D eigenvalue weighted by molar-refractivity contribution is 0.659. The number of nitrogens with two attached hydrogens (primary N) is 1. The molecule has 0 bridgehead atoms. The molecular weight excluding hydrogens is 83.7 g/mol. The van der Waals surface area contributed by atoms with Gasteiger partial charge in [-0.15, -0.1) is 0 Å². The Morgan fingerprint density at radius 1 is 1.57 bits per heavy atom. The van der Waals surface area contributed by atoms with Gasteiger partial charge in [0.15, 0.2) is 0 Å². The fourth-order valence-corrected chi connectivity index (χ4v) is 0. The van der Waals surface area contributed by atoms with Gasteiger partial charge in [0.05, 0.1) is 15.7 Å². The Hall–Kier alpha value is 0.0899. The van der Waals surface area contributed by atoms with E-state index in [0.29, 0.717) is 0 Å². The third-order valence-corrected chi connectivity index (χ3v) is 0.981. The zero-order chi connectivity index (χ0) is 6.08. The maximum atomic E-state index is 5.33. The van der Waals surface area contributed by atoms with Gasteiger partial charge in [0.25, 0.3) is 0 Å². The van der Waals surface area contributed by atoms with Crippen LogP contribution in [0.2, 0.25) is 5.21 Å². The van der Waals surface area contributed by atoms with Crippen LogP contribution in [-0.2, 0) is 0 Å². The molecule has 7 heavy (non-hydrogen) atoms. The summed E-state index contributed by atoms with van der Waals surface area (Å²) in [5, 5.41) is -0.722. The predicted molar refractivity (Wildman–Crippen MR) is 33.5 cm³/mol. The molecule has 0 spiro atoms. The van der Waals surface area contributed by atoms with E-state index in [2.05, 4.69) is 0 Å². The fourth-order valence-electron chi connectivity index (χ4n) is 0. The molecular formula is C4H9B2N. The van der Waals surface area contributed by atoms with Crippen LogP contribution < -0.4 is 5.73 Å². The molecule has 36 valence electrons. The van der Waals surface area contributed by atoms with Gasteiger partial charge in [-0.05, 0) is 6.04 Å². The van der Waals surface area contributed by atoms with Crippen LogP contribution in [0.4, 0.5) is 0 Å². The highest BCUT2D eigenvalue weighted by molar-refractivity contribution is 6.40. The molecule has 0 aliphatic carbocycles. The SMILES string of the molecule is [B]C([B])(C)C(C)N. The van der Waals surface area contributed by atoms with Crippen molar-refractivity contribution in [2.45, 2.75) is 25.1 Å². The van der Waals surface area contributed by atoms with E-state index >= 15 is 0 Å². The molecule has 2 N–H and O–H groups in total. The van der Waals surface area contributed by atoms with Crippen molar-refractivity contribution in [3.05, 3.63) is 0 Å². The van der Waals surface area contributed by atoms with Gasteiger partial charge >= 0.3 is 0 Å². The average molecular weight is 92.7 g/mol. The minimum Gasteiger partial charge on any atom is -0.329 e. The Labute approximate surface area is 47.5 Å². The van der Waals surface area contributed by atoms with Crippen LogP contribution in [0, 0.1) is 0 Å². The molecule has 0 saturated carbocycles. The Balaban J connectivity index is 3.54. The van der Waals surface area contributed by atoms with Crippen LogP contribution >= 0.6 is 0 Å². The van der Waals surface area contributed by atoms with E-state index in [-0.39, 0.29) is 6.04 Å². The maximum Gasteiger partial charge on any atom is 0.0637 e. The van der Waals surface area contributed by atoms with E-state index in [1.807, 2.05) is 0 Å². The van der Waals surface area contributed by atoms with E-state index in [1.54, 1.807) is 13.8 Å². The highest BCUT2D eigenvalue weighted by atomic mass is 14.6. The molecule has 0 heterocycles. The van der Waals surface area contributed by atoms with Crippen LogP contribution in [-0.4, -0.2) is 21.7 Å². The molecule has 0 aromatic carbocycles. The van der Waals surface area contributed by atoms with Crippen molar-refractivity contribution in [3.63, 3.8) is 0 Å². The number of hydrogen-bond acceptors (Lipinski definition) is 1. The third-order valence-electron chi connectivity index (χ3n) is 0.981. The first kappa shape index (κ1) is 7.09. The third kappa shape index (κ3) is 2.75. The van der Waals surface area contributed by atoms with Crippen molar-refractivity contribution in [3.8, 4) is 0 Å². The molecule has 0 aromatic rings. The van der Waals surface area contributed by atoms with Crippen LogP contribution in [0.25, 0.3) is 0 Å². The summed E-state index contributed by atoms with van der Waals surface area (Å²) in [6.07, 6.45) is 0. The Kier molecular flexibility index (Phi) is 1.93. The lowest BCUT2D eigenvalue weighted by atomic mass is 9.52. The van der Waals surface area contributed by atoms with Gasteiger partial charge in [0.1, 0.15) is 0 Å². The summed E-state index contributed by atoms with van der Waals surface area (Å²) in [7, 11) is 10.7. The zero-order valence-corrected chi connectivity index (χ0v) is 4.81. The predicted octanol–water partition coefficient (Wildman–Crippen LogP) is -0.193. The lowest BCUT2D eigenvalue weighted by Crippen LogP contribution is -2.31. The molecule has 0 fully saturated rings. The molecule has 3 heteroatoms. The van der Waals surface area contributed by atoms with E-state index in [9.17, 15) is 0 Å². The summed E-state index contributed by atoms with van der Waals surface area (Å²) in [5.41, 5.74) is 5.32. The Morgan fingerprint density at radius 2 is 1.71 bits per heavy atom. The summed E-state index contributed by atoms with van der Waals surface area (Å²) in [4.78, 5) is 0. The van der Waals surface area contributed by atoms with Gasteiger partial charge in [0, 0.05) is 0 Å². The summed E-state index contributed by atoms with van der Waals surface area (Å²) in [6, 6.07) is -0.146. The normalized spacial score (nSPS) is 16.4. The van der Waals surface area contributed by atoms with Crippen LogP contribution in [0.5, 0.6) is 0 Å². The van der Waals surface area contributed by atoms with E-state index in [1.165, 1.54) is 0 Å². The summed E-state index contributed by atoms with van der Waals surface area (Å²) < 4.78 is 0. The van der Waals surface area contributed by atoms with Crippen LogP contribution in [0.3, 0.4) is 0 Å². The Bertz CT molecular complexity index is 55.2. The number of rotatable bonds is 1. The van der Waals surface area contributed by atoms with Gasteiger partial charge in [-0.2, -0.15) is 0 Å². The smallest absolute Gasteiger partial charge is 0.0637 e. The first-order valence-electron chi connectivity index (χ1n) is 2.28. The average Bonchev–Trinajstić information content (AvgIpc) is 1.31. The molecule has 0 aromatic heterocycles. The first-order chi connectivity index (χ1) is 2.94. The topological polar surface area (TPSA) is 26.0 Å². The zero-order valence-electron chi connectivity index (χ0n) is 4.81. The maximum absolute atomic E-state index is 5.33. The number of hydrogen-bond donors (Lipinski definition) is 1. The second-order valence-corrected chi connectivity index (χ2v) is 2.15. The second-order valence-electron chi connectivity index (χ2n) is 2.15.